The second kappa shape index (κ2) is 9.84. The molecule has 0 amide bonds. The first-order valence-electron chi connectivity index (χ1n) is 9.81. The van der Waals surface area contributed by atoms with Crippen LogP contribution in [0.4, 0.5) is 0 Å². The van der Waals surface area contributed by atoms with Gasteiger partial charge in [0.05, 0.1) is 13.2 Å². The fourth-order valence-corrected chi connectivity index (χ4v) is 4.08. The number of fused-ring (bicyclic) bond motifs is 1. The average Bonchev–Trinajstić information content (AvgIpc) is 2.72. The summed E-state index contributed by atoms with van der Waals surface area (Å²) in [6, 6.07) is 9.75. The molecule has 6 heteroatoms. The van der Waals surface area contributed by atoms with Crippen LogP contribution in [0.5, 0.6) is 11.5 Å². The van der Waals surface area contributed by atoms with Crippen molar-refractivity contribution in [3.63, 3.8) is 0 Å². The van der Waals surface area contributed by atoms with E-state index in [9.17, 15) is 0 Å². The molecule has 1 aliphatic rings. The highest BCUT2D eigenvalue weighted by atomic mass is 35.5. The molecule has 1 aliphatic heterocycles. The van der Waals surface area contributed by atoms with Crippen molar-refractivity contribution < 1.29 is 9.47 Å². The Hall–Kier alpha value is -1.46. The molecule has 0 aliphatic carbocycles. The van der Waals surface area contributed by atoms with Gasteiger partial charge in [-0.3, -0.25) is 0 Å². The van der Waals surface area contributed by atoms with Crippen LogP contribution >= 0.6 is 23.2 Å². The van der Waals surface area contributed by atoms with E-state index in [2.05, 4.69) is 36.2 Å². The fraction of sp³-hybridized carbons (Fsp3) is 0.455. The van der Waals surface area contributed by atoms with Gasteiger partial charge in [-0.1, -0.05) is 37.0 Å². The van der Waals surface area contributed by atoms with E-state index in [1.165, 1.54) is 5.56 Å². The van der Waals surface area contributed by atoms with Gasteiger partial charge in [0.1, 0.15) is 6.61 Å². The Morgan fingerprint density at radius 2 is 1.86 bits per heavy atom. The van der Waals surface area contributed by atoms with Gasteiger partial charge in [-0.15, -0.1) is 0 Å². The molecule has 0 bridgehead atoms. The van der Waals surface area contributed by atoms with Crippen molar-refractivity contribution in [2.75, 3.05) is 39.9 Å². The Labute approximate surface area is 177 Å². The lowest BCUT2D eigenvalue weighted by Crippen LogP contribution is -2.31. The Kier molecular flexibility index (Phi) is 7.47. The van der Waals surface area contributed by atoms with Gasteiger partial charge in [0.25, 0.3) is 0 Å². The standard InChI is InChI=1S/C22H28Cl2N2O2/c1-4-26(5-2)10-11-28-21-14-17-15(12-20(21)27-3)8-9-25-22(17)18-13-16(23)6-7-19(18)24/h6-7,12-14,22,25H,4-5,8-11H2,1-3H3. The molecule has 0 radical (unpaired) electrons. The molecular weight excluding hydrogens is 395 g/mol. The lowest BCUT2D eigenvalue weighted by atomic mass is 9.89. The summed E-state index contributed by atoms with van der Waals surface area (Å²) in [7, 11) is 1.69. The zero-order chi connectivity index (χ0) is 20.1. The summed E-state index contributed by atoms with van der Waals surface area (Å²) in [6.45, 7) is 8.72. The second-order valence-corrected chi connectivity index (χ2v) is 7.72. The molecule has 2 aromatic rings. The lowest BCUT2D eigenvalue weighted by Gasteiger charge is -2.29. The molecule has 3 rings (SSSR count). The molecule has 0 fully saturated rings. The van der Waals surface area contributed by atoms with E-state index < -0.39 is 0 Å². The predicted octanol–water partition coefficient (Wildman–Crippen LogP) is 4.96. The van der Waals surface area contributed by atoms with Crippen LogP contribution < -0.4 is 14.8 Å². The monoisotopic (exact) mass is 422 g/mol. The summed E-state index contributed by atoms with van der Waals surface area (Å²) in [5.74, 6) is 1.54. The number of benzene rings is 2. The largest absolute Gasteiger partial charge is 0.493 e. The molecule has 152 valence electrons. The van der Waals surface area contributed by atoms with Crippen LogP contribution in [0.2, 0.25) is 10.0 Å². The van der Waals surface area contributed by atoms with E-state index in [0.717, 1.165) is 55.2 Å². The van der Waals surface area contributed by atoms with Gasteiger partial charge >= 0.3 is 0 Å². The van der Waals surface area contributed by atoms with Crippen LogP contribution in [-0.4, -0.2) is 44.8 Å². The van der Waals surface area contributed by atoms with E-state index in [1.807, 2.05) is 18.2 Å². The molecular formula is C22H28Cl2N2O2. The smallest absolute Gasteiger partial charge is 0.161 e. The first-order valence-corrected chi connectivity index (χ1v) is 10.6. The number of hydrogen-bond donors (Lipinski definition) is 1. The highest BCUT2D eigenvalue weighted by Gasteiger charge is 2.26. The maximum atomic E-state index is 6.48. The van der Waals surface area contributed by atoms with Crippen molar-refractivity contribution in [1.82, 2.24) is 10.2 Å². The normalized spacial score (nSPS) is 16.1. The van der Waals surface area contributed by atoms with Crippen molar-refractivity contribution in [1.29, 1.82) is 0 Å². The highest BCUT2D eigenvalue weighted by Crippen LogP contribution is 2.39. The molecule has 1 unspecified atom stereocenters. The molecule has 0 spiro atoms. The number of likely N-dealkylation sites (N-methyl/N-ethyl adjacent to an activating group) is 1. The summed E-state index contributed by atoms with van der Waals surface area (Å²) in [6.07, 6.45) is 0.931. The number of methoxy groups -OCH3 is 1. The first kappa shape index (κ1) is 21.3. The Bertz CT molecular complexity index is 809. The number of ether oxygens (including phenoxy) is 2. The number of nitrogens with zero attached hydrogens (tertiary/aromatic N) is 1. The molecule has 1 N–H and O–H groups in total. The van der Waals surface area contributed by atoms with Gasteiger partial charge in [0.15, 0.2) is 11.5 Å². The summed E-state index contributed by atoms with van der Waals surface area (Å²) in [5.41, 5.74) is 3.39. The van der Waals surface area contributed by atoms with Crippen LogP contribution in [0, 0.1) is 0 Å². The lowest BCUT2D eigenvalue weighted by molar-refractivity contribution is 0.217. The number of rotatable bonds is 8. The molecule has 1 heterocycles. The van der Waals surface area contributed by atoms with E-state index >= 15 is 0 Å². The van der Waals surface area contributed by atoms with Gasteiger partial charge in [-0.2, -0.15) is 0 Å². The maximum Gasteiger partial charge on any atom is 0.161 e. The van der Waals surface area contributed by atoms with Crippen LogP contribution in [0.25, 0.3) is 0 Å². The SMILES string of the molecule is CCN(CC)CCOc1cc2c(cc1OC)CCNC2c1cc(Cl)ccc1Cl. The average molecular weight is 423 g/mol. The minimum absolute atomic E-state index is 0.0222. The Morgan fingerprint density at radius 3 is 2.57 bits per heavy atom. The van der Waals surface area contributed by atoms with Crippen molar-refractivity contribution in [3.8, 4) is 11.5 Å². The van der Waals surface area contributed by atoms with Crippen molar-refractivity contribution in [2.24, 2.45) is 0 Å². The van der Waals surface area contributed by atoms with Crippen LogP contribution in [0.3, 0.4) is 0 Å². The van der Waals surface area contributed by atoms with Crippen LogP contribution in [0.1, 0.15) is 36.6 Å². The zero-order valence-corrected chi connectivity index (χ0v) is 18.2. The van der Waals surface area contributed by atoms with Gasteiger partial charge in [-0.25, -0.2) is 0 Å². The van der Waals surface area contributed by atoms with E-state index in [0.29, 0.717) is 16.7 Å². The quantitative estimate of drug-likeness (QED) is 0.651. The third-order valence-corrected chi connectivity index (χ3v) is 5.89. The molecule has 4 nitrogen and oxygen atoms in total. The first-order chi connectivity index (χ1) is 13.6. The highest BCUT2D eigenvalue weighted by molar-refractivity contribution is 6.33. The van der Waals surface area contributed by atoms with Gasteiger partial charge < -0.3 is 19.7 Å². The summed E-state index contributed by atoms with van der Waals surface area (Å²) < 4.78 is 11.7. The number of halogens is 2. The minimum Gasteiger partial charge on any atom is -0.493 e. The van der Waals surface area contributed by atoms with Crippen molar-refractivity contribution in [2.45, 2.75) is 26.3 Å². The van der Waals surface area contributed by atoms with Gasteiger partial charge in [0, 0.05) is 23.1 Å². The molecule has 0 saturated heterocycles. The van der Waals surface area contributed by atoms with Crippen molar-refractivity contribution >= 4 is 23.2 Å². The fourth-order valence-electron chi connectivity index (χ4n) is 3.67. The maximum absolute atomic E-state index is 6.48. The van der Waals surface area contributed by atoms with Crippen LogP contribution in [0.15, 0.2) is 30.3 Å². The summed E-state index contributed by atoms with van der Waals surface area (Å²) in [4.78, 5) is 2.33. The molecule has 28 heavy (non-hydrogen) atoms. The third kappa shape index (κ3) is 4.74. The van der Waals surface area contributed by atoms with Gasteiger partial charge in [0.2, 0.25) is 0 Å². The molecule has 1 atom stereocenters. The Balaban J connectivity index is 1.90. The van der Waals surface area contributed by atoms with Gasteiger partial charge in [-0.05, 0) is 66.5 Å². The summed E-state index contributed by atoms with van der Waals surface area (Å²) >= 11 is 12.7. The second-order valence-electron chi connectivity index (χ2n) is 6.88. The minimum atomic E-state index is -0.0222. The third-order valence-electron chi connectivity index (χ3n) is 5.31. The number of nitrogens with one attached hydrogen (secondary N) is 1. The Morgan fingerprint density at radius 1 is 1.07 bits per heavy atom. The molecule has 0 saturated carbocycles. The topological polar surface area (TPSA) is 33.7 Å². The summed E-state index contributed by atoms with van der Waals surface area (Å²) in [5, 5.41) is 4.95. The van der Waals surface area contributed by atoms with Crippen LogP contribution in [-0.2, 0) is 6.42 Å². The van der Waals surface area contributed by atoms with E-state index in [1.54, 1.807) is 7.11 Å². The predicted molar refractivity (Wildman–Crippen MR) is 116 cm³/mol. The van der Waals surface area contributed by atoms with Crippen molar-refractivity contribution in [3.05, 3.63) is 57.1 Å². The number of hydrogen-bond acceptors (Lipinski definition) is 4. The molecule has 0 aromatic heterocycles. The zero-order valence-electron chi connectivity index (χ0n) is 16.7. The molecule has 2 aromatic carbocycles. The van der Waals surface area contributed by atoms with E-state index in [-0.39, 0.29) is 6.04 Å². The van der Waals surface area contributed by atoms with E-state index in [4.69, 9.17) is 32.7 Å².